The summed E-state index contributed by atoms with van der Waals surface area (Å²) in [5, 5.41) is 20.9. The first kappa shape index (κ1) is 29.2. The molecule has 0 unspecified atom stereocenters. The molecule has 0 aromatic heterocycles. The zero-order valence-electron chi connectivity index (χ0n) is 18.2. The Morgan fingerprint density at radius 3 is 2.22 bits per heavy atom. The molecule has 10 nitrogen and oxygen atoms in total. The Balaban J connectivity index is 0.00000512. The molecule has 172 valence electrons. The maximum absolute atomic E-state index is 12.2. The van der Waals surface area contributed by atoms with E-state index in [4.69, 9.17) is 21.7 Å². The fourth-order valence-electron chi connectivity index (χ4n) is 3.06. The quantitative estimate of drug-likeness (QED) is 0.133. The minimum atomic E-state index is -1.46. The summed E-state index contributed by atoms with van der Waals surface area (Å²) in [4.78, 5) is 49.1. The SMILES string of the molecule is CC(=O)OCCN(CCOC(C)=O)C(=S)SCC1=C(C(=O)[O-])N2C(=O)[C@H]([C@@H](C)O)[C@H]2S1.[Na+]. The number of β-lactam (4-membered cyclic amide) rings is 1. The van der Waals surface area contributed by atoms with Crippen LogP contribution in [0.15, 0.2) is 10.6 Å². The summed E-state index contributed by atoms with van der Waals surface area (Å²) in [6.07, 6.45) is -0.893. The van der Waals surface area contributed by atoms with Gasteiger partial charge in [0.1, 0.15) is 22.9 Å². The number of hydrogen-bond acceptors (Lipinski definition) is 11. The van der Waals surface area contributed by atoms with Gasteiger partial charge in [0.2, 0.25) is 5.91 Å². The average molecular weight is 515 g/mol. The van der Waals surface area contributed by atoms with Crippen molar-refractivity contribution < 1.29 is 68.4 Å². The van der Waals surface area contributed by atoms with E-state index in [-0.39, 0.29) is 67.3 Å². The van der Waals surface area contributed by atoms with Crippen LogP contribution in [-0.4, -0.2) is 86.6 Å². The van der Waals surface area contributed by atoms with Gasteiger partial charge >= 0.3 is 41.5 Å². The minimum absolute atomic E-state index is 0. The summed E-state index contributed by atoms with van der Waals surface area (Å²) in [5.74, 6) is -3.28. The number of ether oxygens (including phenoxy) is 2. The number of amides is 1. The molecule has 2 rings (SSSR count). The summed E-state index contributed by atoms with van der Waals surface area (Å²) < 4.78 is 10.3. The van der Waals surface area contributed by atoms with Crippen LogP contribution in [0.25, 0.3) is 0 Å². The Labute approximate surface area is 221 Å². The topological polar surface area (TPSA) is 137 Å². The van der Waals surface area contributed by atoms with E-state index in [1.165, 1.54) is 44.3 Å². The summed E-state index contributed by atoms with van der Waals surface area (Å²) >= 11 is 7.80. The number of carbonyl (C=O) groups excluding carboxylic acids is 4. The van der Waals surface area contributed by atoms with Crippen LogP contribution in [0.5, 0.6) is 0 Å². The second-order valence-corrected chi connectivity index (χ2v) is 9.58. The van der Waals surface area contributed by atoms with E-state index in [0.29, 0.717) is 9.23 Å². The molecule has 14 heteroatoms. The van der Waals surface area contributed by atoms with Crippen molar-refractivity contribution in [1.82, 2.24) is 9.80 Å². The number of thiocarbonyl (C=S) groups is 1. The molecule has 0 saturated carbocycles. The number of aliphatic hydroxyl groups excluding tert-OH is 1. The standard InChI is InChI=1S/C18H24N2O8S3.Na/c1-9(21)13-15(24)20-14(17(25)26)12(31-16(13)20)8-30-18(29)19(4-6-27-10(2)22)5-7-28-11(3)23;/h9,13,16,21H,4-8H2,1-3H3,(H,25,26);/q;+1/p-1/t9-,13+,16-;/m1./s1. The number of esters is 2. The van der Waals surface area contributed by atoms with Gasteiger partial charge in [-0.15, -0.1) is 11.8 Å². The summed E-state index contributed by atoms with van der Waals surface area (Å²) in [6.45, 7) is 4.76. The second kappa shape index (κ2) is 13.2. The number of hydrogen-bond donors (Lipinski definition) is 1. The number of thioether (sulfide) groups is 2. The number of carboxylic acid groups (broad SMARTS) is 1. The van der Waals surface area contributed by atoms with Crippen molar-refractivity contribution in [3.8, 4) is 0 Å². The van der Waals surface area contributed by atoms with Crippen LogP contribution in [-0.2, 0) is 28.7 Å². The molecule has 0 bridgehead atoms. The van der Waals surface area contributed by atoms with Crippen molar-refractivity contribution in [3.05, 3.63) is 10.6 Å². The maximum Gasteiger partial charge on any atom is 1.00 e. The van der Waals surface area contributed by atoms with Gasteiger partial charge in [-0.1, -0.05) is 24.0 Å². The molecule has 0 spiro atoms. The number of carbonyl (C=O) groups is 4. The summed E-state index contributed by atoms with van der Waals surface area (Å²) in [5.41, 5.74) is -0.196. The van der Waals surface area contributed by atoms with E-state index in [0.717, 1.165) is 4.90 Å². The van der Waals surface area contributed by atoms with Crippen molar-refractivity contribution in [3.63, 3.8) is 0 Å². The zero-order valence-corrected chi connectivity index (χ0v) is 22.6. The van der Waals surface area contributed by atoms with Crippen molar-refractivity contribution in [2.75, 3.05) is 32.1 Å². The Bertz CT molecular complexity index is 787. The Kier molecular flexibility index (Phi) is 12.0. The molecule has 2 aliphatic heterocycles. The molecule has 1 fully saturated rings. The maximum atomic E-state index is 12.2. The number of aliphatic hydroxyl groups is 1. The molecular formula is C18H23N2NaO8S3. The van der Waals surface area contributed by atoms with Crippen molar-refractivity contribution >= 4 is 63.9 Å². The van der Waals surface area contributed by atoms with Crippen LogP contribution < -0.4 is 34.7 Å². The number of aliphatic carboxylic acids is 1. The zero-order chi connectivity index (χ0) is 23.3. The predicted octanol–water partition coefficient (Wildman–Crippen LogP) is -3.69. The Morgan fingerprint density at radius 2 is 1.78 bits per heavy atom. The second-order valence-electron chi connectivity index (χ2n) is 6.76. The van der Waals surface area contributed by atoms with Crippen LogP contribution >= 0.6 is 35.7 Å². The summed E-state index contributed by atoms with van der Waals surface area (Å²) in [6, 6.07) is 0. The van der Waals surface area contributed by atoms with E-state index >= 15 is 0 Å². The molecule has 1 amide bonds. The Morgan fingerprint density at radius 1 is 1.25 bits per heavy atom. The van der Waals surface area contributed by atoms with E-state index in [1.807, 2.05) is 0 Å². The van der Waals surface area contributed by atoms with Crippen LogP contribution in [0.2, 0.25) is 0 Å². The molecule has 0 radical (unpaired) electrons. The third-order valence-corrected chi connectivity index (χ3v) is 7.58. The molecule has 3 atom stereocenters. The smallest absolute Gasteiger partial charge is 0.543 e. The first-order chi connectivity index (χ1) is 14.5. The fraction of sp³-hybridized carbons (Fsp3) is 0.611. The van der Waals surface area contributed by atoms with Gasteiger partial charge < -0.3 is 29.4 Å². The monoisotopic (exact) mass is 514 g/mol. The van der Waals surface area contributed by atoms with Gasteiger partial charge in [0.05, 0.1) is 36.8 Å². The molecule has 32 heavy (non-hydrogen) atoms. The van der Waals surface area contributed by atoms with Gasteiger partial charge in [-0.2, -0.15) is 0 Å². The van der Waals surface area contributed by atoms with Gasteiger partial charge in [-0.25, -0.2) is 0 Å². The number of carboxylic acids is 1. The first-order valence-corrected chi connectivity index (χ1v) is 11.6. The van der Waals surface area contributed by atoms with Gasteiger partial charge in [-0.05, 0) is 6.92 Å². The molecule has 0 aromatic carbocycles. The van der Waals surface area contributed by atoms with Crippen molar-refractivity contribution in [2.24, 2.45) is 5.92 Å². The van der Waals surface area contributed by atoms with Gasteiger partial charge in [0.25, 0.3) is 0 Å². The van der Waals surface area contributed by atoms with Crippen LogP contribution in [0.3, 0.4) is 0 Å². The molecule has 2 heterocycles. The molecule has 1 saturated heterocycles. The average Bonchev–Trinajstić information content (AvgIpc) is 2.98. The first-order valence-electron chi connectivity index (χ1n) is 9.35. The van der Waals surface area contributed by atoms with Crippen molar-refractivity contribution in [2.45, 2.75) is 32.2 Å². The largest absolute Gasteiger partial charge is 1.00 e. The fourth-order valence-corrected chi connectivity index (χ4v) is 6.01. The molecular weight excluding hydrogens is 491 g/mol. The van der Waals surface area contributed by atoms with E-state index in [1.54, 1.807) is 4.90 Å². The van der Waals surface area contributed by atoms with Crippen LogP contribution in [0.4, 0.5) is 0 Å². The third kappa shape index (κ3) is 7.34. The molecule has 0 aromatic rings. The number of fused-ring (bicyclic) bond motifs is 1. The van der Waals surface area contributed by atoms with E-state index in [9.17, 15) is 29.4 Å². The van der Waals surface area contributed by atoms with Gasteiger partial charge in [0.15, 0.2) is 0 Å². The molecule has 2 aliphatic rings. The van der Waals surface area contributed by atoms with Crippen LogP contribution in [0, 0.1) is 5.92 Å². The van der Waals surface area contributed by atoms with E-state index in [2.05, 4.69) is 0 Å². The Hall–Kier alpha value is -0.830. The normalized spacial score (nSPS) is 20.0. The molecule has 1 N–H and O–H groups in total. The third-order valence-electron chi connectivity index (χ3n) is 4.48. The molecule has 0 aliphatic carbocycles. The number of nitrogens with zero attached hydrogens (tertiary/aromatic N) is 2. The minimum Gasteiger partial charge on any atom is -0.543 e. The van der Waals surface area contributed by atoms with Crippen LogP contribution in [0.1, 0.15) is 20.8 Å². The van der Waals surface area contributed by atoms with Gasteiger partial charge in [-0.3, -0.25) is 19.3 Å². The number of rotatable bonds is 10. The predicted molar refractivity (Wildman–Crippen MR) is 115 cm³/mol. The van der Waals surface area contributed by atoms with E-state index < -0.39 is 41.2 Å². The van der Waals surface area contributed by atoms with Crippen molar-refractivity contribution in [1.29, 1.82) is 0 Å². The summed E-state index contributed by atoms with van der Waals surface area (Å²) in [7, 11) is 0. The van der Waals surface area contributed by atoms with Gasteiger partial charge in [0, 0.05) is 24.5 Å².